The third-order valence-electron chi connectivity index (χ3n) is 5.18. The lowest BCUT2D eigenvalue weighted by molar-refractivity contribution is -0.137. The number of nitrogens with zero attached hydrogens (tertiary/aromatic N) is 1. The maximum Gasteiger partial charge on any atom is 0.321 e. The van der Waals surface area contributed by atoms with Gasteiger partial charge in [0.25, 0.3) is 5.91 Å². The molecule has 0 fully saturated rings. The van der Waals surface area contributed by atoms with Gasteiger partial charge in [0.15, 0.2) is 5.13 Å². The molecule has 3 rings (SSSR count). The highest BCUT2D eigenvalue weighted by Crippen LogP contribution is 2.31. The zero-order valence-electron chi connectivity index (χ0n) is 20.6. The van der Waals surface area contributed by atoms with Crippen molar-refractivity contribution in [2.45, 2.75) is 19.0 Å². The number of hydrogen-bond donors (Lipinski definition) is 5. The zero-order chi connectivity index (χ0) is 27.5. The van der Waals surface area contributed by atoms with Crippen molar-refractivity contribution >= 4 is 40.3 Å². The van der Waals surface area contributed by atoms with Crippen LogP contribution in [0.1, 0.15) is 33.3 Å². The summed E-state index contributed by atoms with van der Waals surface area (Å²) in [5.74, 6) is -1.50. The number of hydrogen-bond acceptors (Lipinski definition) is 8. The number of aliphatic carboxylic acids is 1. The summed E-state index contributed by atoms with van der Waals surface area (Å²) in [6.07, 6.45) is 0.860. The molecule has 0 spiro atoms. The van der Waals surface area contributed by atoms with Crippen LogP contribution in [-0.2, 0) is 16.1 Å². The summed E-state index contributed by atoms with van der Waals surface area (Å²) in [5.41, 5.74) is 1.34. The first-order valence-electron chi connectivity index (χ1n) is 11.3. The highest BCUT2D eigenvalue weighted by Gasteiger charge is 2.23. The second-order valence-electron chi connectivity index (χ2n) is 7.83. The third kappa shape index (κ3) is 8.20. The fourth-order valence-corrected chi connectivity index (χ4v) is 4.10. The van der Waals surface area contributed by atoms with Gasteiger partial charge in [-0.05, 0) is 23.8 Å². The molecule has 4 amide bonds. The Balaban J connectivity index is 1.54. The van der Waals surface area contributed by atoms with Crippen molar-refractivity contribution in [1.82, 2.24) is 20.9 Å². The maximum atomic E-state index is 12.6. The highest BCUT2D eigenvalue weighted by atomic mass is 32.1. The van der Waals surface area contributed by atoms with E-state index in [4.69, 9.17) is 9.47 Å². The summed E-state index contributed by atoms with van der Waals surface area (Å²) >= 11 is 0.936. The zero-order valence-corrected chi connectivity index (χ0v) is 21.5. The van der Waals surface area contributed by atoms with E-state index in [1.165, 1.54) is 20.4 Å². The second-order valence-corrected chi connectivity index (χ2v) is 8.86. The summed E-state index contributed by atoms with van der Waals surface area (Å²) < 4.78 is 10.5. The molecule has 38 heavy (non-hydrogen) atoms. The van der Waals surface area contributed by atoms with Gasteiger partial charge in [0, 0.05) is 12.1 Å². The van der Waals surface area contributed by atoms with Gasteiger partial charge in [-0.3, -0.25) is 19.7 Å². The molecule has 3 aromatic rings. The van der Waals surface area contributed by atoms with Crippen molar-refractivity contribution in [3.8, 4) is 11.5 Å². The molecule has 0 aliphatic rings. The fraction of sp³-hybridized carbons (Fsp3) is 0.240. The van der Waals surface area contributed by atoms with E-state index in [-0.39, 0.29) is 10.0 Å². The van der Waals surface area contributed by atoms with Gasteiger partial charge in [0.2, 0.25) is 5.91 Å². The number of benzene rings is 2. The van der Waals surface area contributed by atoms with Crippen LogP contribution in [0.2, 0.25) is 0 Å². The summed E-state index contributed by atoms with van der Waals surface area (Å²) in [6.45, 7) is -0.0928. The SMILES string of the molecule is COc1ccc(OC)c(C(CC(=O)O)NC(=O)CNC(=O)c2cnc(NC(=O)NCc3ccccc3)s2)c1. The fourth-order valence-electron chi connectivity index (χ4n) is 3.37. The Morgan fingerprint density at radius 3 is 2.47 bits per heavy atom. The summed E-state index contributed by atoms with van der Waals surface area (Å²) in [4.78, 5) is 52.8. The minimum atomic E-state index is -1.14. The van der Waals surface area contributed by atoms with Crippen molar-refractivity contribution in [2.24, 2.45) is 0 Å². The molecule has 1 aromatic heterocycles. The predicted octanol–water partition coefficient (Wildman–Crippen LogP) is 2.54. The number of ether oxygens (including phenoxy) is 2. The number of methoxy groups -OCH3 is 2. The highest BCUT2D eigenvalue weighted by molar-refractivity contribution is 7.17. The average molecular weight is 542 g/mol. The maximum absolute atomic E-state index is 12.6. The lowest BCUT2D eigenvalue weighted by Gasteiger charge is -2.20. The molecule has 1 atom stereocenters. The molecule has 5 N–H and O–H groups in total. The quantitative estimate of drug-likeness (QED) is 0.233. The lowest BCUT2D eigenvalue weighted by Crippen LogP contribution is -2.39. The number of urea groups is 1. The molecule has 0 aliphatic carbocycles. The van der Waals surface area contributed by atoms with E-state index in [0.29, 0.717) is 23.6 Å². The van der Waals surface area contributed by atoms with Crippen LogP contribution in [0, 0.1) is 0 Å². The van der Waals surface area contributed by atoms with Crippen molar-refractivity contribution in [2.75, 3.05) is 26.1 Å². The number of aromatic nitrogens is 1. The van der Waals surface area contributed by atoms with E-state index >= 15 is 0 Å². The topological polar surface area (TPSA) is 168 Å². The molecule has 200 valence electrons. The number of carboxylic acid groups (broad SMARTS) is 1. The molecule has 1 heterocycles. The lowest BCUT2D eigenvalue weighted by atomic mass is 10.0. The Hall–Kier alpha value is -4.65. The van der Waals surface area contributed by atoms with Gasteiger partial charge >= 0.3 is 12.0 Å². The van der Waals surface area contributed by atoms with Gasteiger partial charge in [0.05, 0.1) is 39.4 Å². The van der Waals surface area contributed by atoms with E-state index in [2.05, 4.69) is 26.3 Å². The average Bonchev–Trinajstić information content (AvgIpc) is 3.38. The Labute approximate surface area is 222 Å². The molecule has 0 bridgehead atoms. The molecule has 0 aliphatic heterocycles. The number of rotatable bonds is 12. The Kier molecular flexibility index (Phi) is 10.00. The monoisotopic (exact) mass is 541 g/mol. The van der Waals surface area contributed by atoms with Gasteiger partial charge in [0.1, 0.15) is 16.4 Å². The van der Waals surface area contributed by atoms with Gasteiger partial charge in [-0.25, -0.2) is 9.78 Å². The molecule has 12 nitrogen and oxygen atoms in total. The number of carbonyl (C=O) groups excluding carboxylic acids is 3. The van der Waals surface area contributed by atoms with Crippen molar-refractivity contribution in [3.05, 3.63) is 70.7 Å². The Morgan fingerprint density at radius 1 is 1.03 bits per heavy atom. The summed E-state index contributed by atoms with van der Waals surface area (Å²) in [5, 5.41) is 19.9. The number of thiazole rings is 1. The number of carboxylic acids is 1. The minimum Gasteiger partial charge on any atom is -0.497 e. The van der Waals surface area contributed by atoms with Crippen molar-refractivity contribution in [1.29, 1.82) is 0 Å². The van der Waals surface area contributed by atoms with E-state index in [1.54, 1.807) is 18.2 Å². The van der Waals surface area contributed by atoms with Crippen molar-refractivity contribution in [3.63, 3.8) is 0 Å². The number of nitrogens with one attached hydrogen (secondary N) is 4. The number of carbonyl (C=O) groups is 4. The normalized spacial score (nSPS) is 11.1. The third-order valence-corrected chi connectivity index (χ3v) is 6.09. The van der Waals surface area contributed by atoms with Gasteiger partial charge in [-0.2, -0.15) is 0 Å². The van der Waals surface area contributed by atoms with Gasteiger partial charge < -0.3 is 30.5 Å². The van der Waals surface area contributed by atoms with E-state index < -0.39 is 42.8 Å². The summed E-state index contributed by atoms with van der Waals surface area (Å²) in [7, 11) is 2.89. The minimum absolute atomic E-state index is 0.174. The standard InChI is InChI=1S/C25H27N5O7S/c1-36-16-8-9-19(37-2)17(10-16)18(11-22(32)33)29-21(31)14-26-23(34)20-13-28-25(38-20)30-24(35)27-12-15-6-4-3-5-7-15/h3-10,13,18H,11-12,14H2,1-2H3,(H,26,34)(H,29,31)(H,32,33)(H2,27,28,30,35). The molecular formula is C25H27N5O7S. The van der Waals surface area contributed by atoms with Crippen molar-refractivity contribution < 1.29 is 33.8 Å². The van der Waals surface area contributed by atoms with Crippen LogP contribution in [-0.4, -0.2) is 54.7 Å². The first kappa shape index (κ1) is 27.9. The Morgan fingerprint density at radius 2 is 1.79 bits per heavy atom. The predicted molar refractivity (Wildman–Crippen MR) is 139 cm³/mol. The van der Waals surface area contributed by atoms with Crippen LogP contribution in [0.5, 0.6) is 11.5 Å². The second kappa shape index (κ2) is 13.6. The van der Waals surface area contributed by atoms with Crippen LogP contribution in [0.3, 0.4) is 0 Å². The van der Waals surface area contributed by atoms with E-state index in [1.807, 2.05) is 30.3 Å². The van der Waals surface area contributed by atoms with Crippen LogP contribution in [0.25, 0.3) is 0 Å². The molecular weight excluding hydrogens is 514 g/mol. The molecule has 2 aromatic carbocycles. The Bertz CT molecular complexity index is 1280. The molecule has 0 saturated heterocycles. The smallest absolute Gasteiger partial charge is 0.321 e. The van der Waals surface area contributed by atoms with E-state index in [9.17, 15) is 24.3 Å². The van der Waals surface area contributed by atoms with Crippen LogP contribution in [0.15, 0.2) is 54.7 Å². The largest absolute Gasteiger partial charge is 0.497 e. The van der Waals surface area contributed by atoms with Crippen LogP contribution >= 0.6 is 11.3 Å². The van der Waals surface area contributed by atoms with E-state index in [0.717, 1.165) is 16.9 Å². The van der Waals surface area contributed by atoms with Gasteiger partial charge in [-0.1, -0.05) is 41.7 Å². The molecule has 13 heteroatoms. The van der Waals surface area contributed by atoms with Crippen LogP contribution < -0.4 is 30.7 Å². The summed E-state index contributed by atoms with van der Waals surface area (Å²) in [6, 6.07) is 12.8. The number of amides is 4. The molecule has 0 saturated carbocycles. The number of anilines is 1. The first-order chi connectivity index (χ1) is 18.3. The van der Waals surface area contributed by atoms with Crippen LogP contribution in [0.4, 0.5) is 9.93 Å². The first-order valence-corrected chi connectivity index (χ1v) is 12.2. The van der Waals surface area contributed by atoms with Gasteiger partial charge in [-0.15, -0.1) is 0 Å². The molecule has 0 radical (unpaired) electrons. The molecule has 1 unspecified atom stereocenters.